The lowest BCUT2D eigenvalue weighted by atomic mass is 9.97. The lowest BCUT2D eigenvalue weighted by molar-refractivity contribution is -0.294. The molecule has 1 fully saturated rings. The second kappa shape index (κ2) is 9.86. The number of rotatable bonds is 6. The quantitative estimate of drug-likeness (QED) is 0.433. The van der Waals surface area contributed by atoms with Crippen molar-refractivity contribution in [1.82, 2.24) is 0 Å². The second-order valence-electron chi connectivity index (χ2n) is 5.51. The van der Waals surface area contributed by atoms with Gasteiger partial charge in [-0.1, -0.05) is 6.92 Å². The summed E-state index contributed by atoms with van der Waals surface area (Å²) >= 11 is 0. The van der Waals surface area contributed by atoms with Crippen LogP contribution in [0.3, 0.4) is 0 Å². The van der Waals surface area contributed by atoms with E-state index < -0.39 is 60.6 Å². The van der Waals surface area contributed by atoms with E-state index in [-0.39, 0.29) is 6.42 Å². The molecule has 0 bridgehead atoms. The zero-order chi connectivity index (χ0) is 20.7. The average Bonchev–Trinajstić information content (AvgIpc) is 2.57. The third-order valence-corrected chi connectivity index (χ3v) is 3.37. The van der Waals surface area contributed by atoms with Gasteiger partial charge in [-0.05, 0) is 0 Å². The first kappa shape index (κ1) is 22.4. The maximum Gasteiger partial charge on any atom is 0.339 e. The van der Waals surface area contributed by atoms with E-state index in [1.54, 1.807) is 0 Å². The third-order valence-electron chi connectivity index (χ3n) is 3.37. The molecule has 1 heterocycles. The molecule has 0 spiro atoms. The van der Waals surface area contributed by atoms with Crippen molar-refractivity contribution >= 4 is 29.8 Å². The zero-order valence-corrected chi connectivity index (χ0v) is 15.6. The predicted octanol–water partition coefficient (Wildman–Crippen LogP) is -0.367. The molecular weight excluding hydrogens is 368 g/mol. The summed E-state index contributed by atoms with van der Waals surface area (Å²) in [5.41, 5.74) is 0. The van der Waals surface area contributed by atoms with Crippen LogP contribution in [0.4, 0.5) is 0 Å². The van der Waals surface area contributed by atoms with Crippen LogP contribution in [-0.2, 0) is 52.4 Å². The van der Waals surface area contributed by atoms with Crippen LogP contribution in [0.1, 0.15) is 34.1 Å². The summed E-state index contributed by atoms with van der Waals surface area (Å²) in [6, 6.07) is 0. The van der Waals surface area contributed by atoms with E-state index in [1.807, 2.05) is 0 Å². The fraction of sp³-hybridized carbons (Fsp3) is 0.688. The first-order valence-electron chi connectivity index (χ1n) is 8.05. The van der Waals surface area contributed by atoms with Crippen molar-refractivity contribution in [2.75, 3.05) is 7.11 Å². The molecular formula is C16H22O11. The van der Waals surface area contributed by atoms with Gasteiger partial charge in [0, 0.05) is 27.2 Å². The van der Waals surface area contributed by atoms with Crippen LogP contribution < -0.4 is 0 Å². The lowest BCUT2D eigenvalue weighted by Crippen LogP contribution is -2.64. The van der Waals surface area contributed by atoms with Gasteiger partial charge < -0.3 is 28.4 Å². The van der Waals surface area contributed by atoms with E-state index in [2.05, 4.69) is 4.74 Å². The number of methoxy groups -OCH3 is 1. The highest BCUT2D eigenvalue weighted by atomic mass is 16.7. The number of hydrogen-bond donors (Lipinski definition) is 0. The van der Waals surface area contributed by atoms with E-state index in [9.17, 15) is 24.0 Å². The van der Waals surface area contributed by atoms with Gasteiger partial charge in [0.1, 0.15) is 0 Å². The molecule has 11 heteroatoms. The molecule has 152 valence electrons. The van der Waals surface area contributed by atoms with Crippen molar-refractivity contribution in [1.29, 1.82) is 0 Å². The Morgan fingerprint density at radius 2 is 1.26 bits per heavy atom. The normalized spacial score (nSPS) is 27.1. The standard InChI is InChI=1S/C16H22O11/c1-6-10(20)26-16-14(25-9(4)19)12(24-8(3)18)11(23-7(2)17)13(27-16)15(21)22-5/h11-14,16H,6H2,1-5H3/t11-,12-,13+,14+,16-/m0/s1. The number of esters is 5. The van der Waals surface area contributed by atoms with Gasteiger partial charge in [-0.3, -0.25) is 19.2 Å². The monoisotopic (exact) mass is 390 g/mol. The summed E-state index contributed by atoms with van der Waals surface area (Å²) in [6.45, 7) is 4.69. The molecule has 0 aliphatic carbocycles. The highest BCUT2D eigenvalue weighted by Gasteiger charge is 2.56. The summed E-state index contributed by atoms with van der Waals surface area (Å²) in [7, 11) is 1.06. The number of carbonyl (C=O) groups excluding carboxylic acids is 5. The molecule has 0 aromatic carbocycles. The molecule has 5 atom stereocenters. The minimum Gasteiger partial charge on any atom is -0.467 e. The van der Waals surface area contributed by atoms with E-state index in [0.29, 0.717) is 0 Å². The van der Waals surface area contributed by atoms with Crippen molar-refractivity contribution in [2.45, 2.75) is 64.8 Å². The zero-order valence-electron chi connectivity index (χ0n) is 15.6. The molecule has 0 unspecified atom stereocenters. The highest BCUT2D eigenvalue weighted by molar-refractivity contribution is 5.77. The Morgan fingerprint density at radius 3 is 1.70 bits per heavy atom. The van der Waals surface area contributed by atoms with Crippen LogP contribution in [0.15, 0.2) is 0 Å². The van der Waals surface area contributed by atoms with Gasteiger partial charge >= 0.3 is 29.8 Å². The maximum atomic E-state index is 12.1. The van der Waals surface area contributed by atoms with Gasteiger partial charge in [0.15, 0.2) is 18.3 Å². The smallest absolute Gasteiger partial charge is 0.339 e. The molecule has 0 saturated carbocycles. The Balaban J connectivity index is 3.38. The molecule has 1 rings (SSSR count). The summed E-state index contributed by atoms with van der Waals surface area (Å²) in [5.74, 6) is -4.15. The van der Waals surface area contributed by atoms with Crippen LogP contribution in [0.2, 0.25) is 0 Å². The molecule has 0 aromatic rings. The molecule has 27 heavy (non-hydrogen) atoms. The highest BCUT2D eigenvalue weighted by Crippen LogP contribution is 2.30. The molecule has 1 aliphatic heterocycles. The fourth-order valence-corrected chi connectivity index (χ4v) is 2.39. The van der Waals surface area contributed by atoms with Gasteiger partial charge in [0.2, 0.25) is 12.4 Å². The number of hydrogen-bond acceptors (Lipinski definition) is 11. The minimum absolute atomic E-state index is 0.0405. The molecule has 0 aromatic heterocycles. The molecule has 0 amide bonds. The van der Waals surface area contributed by atoms with E-state index in [1.165, 1.54) is 6.92 Å². The Hall–Kier alpha value is -2.69. The van der Waals surface area contributed by atoms with Crippen LogP contribution in [0, 0.1) is 0 Å². The van der Waals surface area contributed by atoms with Crippen LogP contribution in [0.5, 0.6) is 0 Å². The second-order valence-corrected chi connectivity index (χ2v) is 5.51. The van der Waals surface area contributed by atoms with Gasteiger partial charge in [0.25, 0.3) is 0 Å². The van der Waals surface area contributed by atoms with Crippen molar-refractivity contribution in [2.24, 2.45) is 0 Å². The summed E-state index contributed by atoms with van der Waals surface area (Å²) < 4.78 is 30.3. The van der Waals surface area contributed by atoms with Gasteiger partial charge in [-0.25, -0.2) is 4.79 Å². The summed E-state index contributed by atoms with van der Waals surface area (Å²) in [5, 5.41) is 0. The molecule has 1 saturated heterocycles. The third kappa shape index (κ3) is 6.20. The minimum atomic E-state index is -1.60. The first-order valence-corrected chi connectivity index (χ1v) is 8.05. The summed E-state index contributed by atoms with van der Waals surface area (Å²) in [4.78, 5) is 58.3. The molecule has 0 radical (unpaired) electrons. The largest absolute Gasteiger partial charge is 0.467 e. The lowest BCUT2D eigenvalue weighted by Gasteiger charge is -2.42. The van der Waals surface area contributed by atoms with Crippen LogP contribution in [0.25, 0.3) is 0 Å². The van der Waals surface area contributed by atoms with E-state index >= 15 is 0 Å². The number of carbonyl (C=O) groups is 5. The molecule has 11 nitrogen and oxygen atoms in total. The Kier molecular flexibility index (Phi) is 8.16. The van der Waals surface area contributed by atoms with Crippen molar-refractivity contribution < 1.29 is 52.4 Å². The molecule has 0 N–H and O–H groups in total. The maximum absolute atomic E-state index is 12.1. The Labute approximate surface area is 155 Å². The van der Waals surface area contributed by atoms with Crippen LogP contribution >= 0.6 is 0 Å². The van der Waals surface area contributed by atoms with Crippen molar-refractivity contribution in [3.05, 3.63) is 0 Å². The first-order chi connectivity index (χ1) is 12.6. The van der Waals surface area contributed by atoms with Gasteiger partial charge in [0.05, 0.1) is 7.11 Å². The molecule has 1 aliphatic rings. The van der Waals surface area contributed by atoms with Crippen molar-refractivity contribution in [3.8, 4) is 0 Å². The Bertz CT molecular complexity index is 599. The summed E-state index contributed by atoms with van der Waals surface area (Å²) in [6.07, 6.45) is -7.69. The van der Waals surface area contributed by atoms with E-state index in [4.69, 9.17) is 23.7 Å². The predicted molar refractivity (Wildman–Crippen MR) is 83.7 cm³/mol. The van der Waals surface area contributed by atoms with Gasteiger partial charge in [-0.2, -0.15) is 0 Å². The number of ether oxygens (including phenoxy) is 6. The van der Waals surface area contributed by atoms with Crippen molar-refractivity contribution in [3.63, 3.8) is 0 Å². The SMILES string of the molecule is CCC(=O)O[C@H]1O[C@@H](C(=O)OC)[C@@H](OC(C)=O)[C@H](OC(C)=O)[C@H]1OC(C)=O. The average molecular weight is 390 g/mol. The Morgan fingerprint density at radius 1 is 0.778 bits per heavy atom. The topological polar surface area (TPSA) is 141 Å². The van der Waals surface area contributed by atoms with E-state index in [0.717, 1.165) is 27.9 Å². The fourth-order valence-electron chi connectivity index (χ4n) is 2.39. The van der Waals surface area contributed by atoms with Gasteiger partial charge in [-0.15, -0.1) is 0 Å². The van der Waals surface area contributed by atoms with Crippen LogP contribution in [-0.4, -0.2) is 67.7 Å².